The van der Waals surface area contributed by atoms with E-state index in [1.807, 2.05) is 48.5 Å². The second kappa shape index (κ2) is 6.28. The minimum atomic E-state index is 0.178. The van der Waals surface area contributed by atoms with Crippen LogP contribution in [0.25, 0.3) is 0 Å². The van der Waals surface area contributed by atoms with Crippen molar-refractivity contribution < 1.29 is 0 Å². The SMILES string of the molecule is Clc1ccc([Se]C#Cc2ccc(Br)cc2)cc1. The number of rotatable bonds is 1. The first-order valence-electron chi connectivity index (χ1n) is 4.93. The Morgan fingerprint density at radius 3 is 2.24 bits per heavy atom. The van der Waals surface area contributed by atoms with E-state index in [1.165, 1.54) is 4.46 Å². The van der Waals surface area contributed by atoms with Gasteiger partial charge in [0.2, 0.25) is 0 Å². The zero-order valence-electron chi connectivity index (χ0n) is 8.78. The molecule has 0 fully saturated rings. The van der Waals surface area contributed by atoms with E-state index in [1.54, 1.807) is 0 Å². The average molecular weight is 371 g/mol. The maximum absolute atomic E-state index is 5.82. The molecule has 0 aliphatic heterocycles. The van der Waals surface area contributed by atoms with Gasteiger partial charge in [-0.05, 0) is 0 Å². The fraction of sp³-hybridized carbons (Fsp3) is 0. The Bertz CT molecular complexity index is 550. The second-order valence-corrected chi connectivity index (χ2v) is 6.49. The van der Waals surface area contributed by atoms with Crippen LogP contribution < -0.4 is 4.46 Å². The summed E-state index contributed by atoms with van der Waals surface area (Å²) in [4.78, 5) is 3.21. The van der Waals surface area contributed by atoms with Gasteiger partial charge >= 0.3 is 121 Å². The Morgan fingerprint density at radius 2 is 1.59 bits per heavy atom. The maximum atomic E-state index is 5.82. The summed E-state index contributed by atoms with van der Waals surface area (Å²) < 4.78 is 2.32. The van der Waals surface area contributed by atoms with Crippen LogP contribution in [0, 0.1) is 10.7 Å². The molecule has 17 heavy (non-hydrogen) atoms. The van der Waals surface area contributed by atoms with Gasteiger partial charge in [0, 0.05) is 0 Å². The summed E-state index contributed by atoms with van der Waals surface area (Å²) in [7, 11) is 0. The van der Waals surface area contributed by atoms with Crippen LogP contribution in [0.4, 0.5) is 0 Å². The van der Waals surface area contributed by atoms with Crippen LogP contribution in [0.15, 0.2) is 53.0 Å². The first-order chi connectivity index (χ1) is 8.24. The standard InChI is InChI=1S/C14H8BrClSe/c15-12-3-1-11(2-4-12)9-10-17-14-7-5-13(16)6-8-14/h1-8H. The number of hydrogen-bond donors (Lipinski definition) is 0. The second-order valence-electron chi connectivity index (χ2n) is 3.29. The third-order valence-electron chi connectivity index (χ3n) is 2.02. The van der Waals surface area contributed by atoms with Gasteiger partial charge in [0.1, 0.15) is 0 Å². The molecule has 0 saturated carbocycles. The van der Waals surface area contributed by atoms with Gasteiger partial charge in [-0.1, -0.05) is 0 Å². The summed E-state index contributed by atoms with van der Waals surface area (Å²) in [5.41, 5.74) is 1.05. The monoisotopic (exact) mass is 370 g/mol. The van der Waals surface area contributed by atoms with E-state index in [9.17, 15) is 0 Å². The average Bonchev–Trinajstić information content (AvgIpc) is 2.34. The molecule has 2 aromatic rings. The molecule has 0 aliphatic rings. The van der Waals surface area contributed by atoms with Gasteiger partial charge in [-0.2, -0.15) is 0 Å². The van der Waals surface area contributed by atoms with Crippen molar-refractivity contribution in [2.45, 2.75) is 0 Å². The van der Waals surface area contributed by atoms with Gasteiger partial charge in [0.25, 0.3) is 0 Å². The van der Waals surface area contributed by atoms with E-state index in [4.69, 9.17) is 11.6 Å². The topological polar surface area (TPSA) is 0 Å². The van der Waals surface area contributed by atoms with Crippen LogP contribution in [-0.2, 0) is 0 Å². The first-order valence-corrected chi connectivity index (χ1v) is 7.81. The fourth-order valence-corrected chi connectivity index (χ4v) is 2.74. The van der Waals surface area contributed by atoms with Crippen molar-refractivity contribution in [1.29, 1.82) is 0 Å². The van der Waals surface area contributed by atoms with Crippen molar-refractivity contribution in [2.75, 3.05) is 0 Å². The summed E-state index contributed by atoms with van der Waals surface area (Å²) in [5, 5.41) is 0.769. The third-order valence-corrected chi connectivity index (χ3v) is 4.30. The van der Waals surface area contributed by atoms with Gasteiger partial charge in [-0.3, -0.25) is 0 Å². The Hall–Kier alpha value is -0.711. The Morgan fingerprint density at radius 1 is 0.941 bits per heavy atom. The molecule has 2 rings (SSSR count). The molecule has 0 unspecified atom stereocenters. The quantitative estimate of drug-likeness (QED) is 0.533. The van der Waals surface area contributed by atoms with Gasteiger partial charge in [-0.25, -0.2) is 0 Å². The Labute approximate surface area is 121 Å². The fourth-order valence-electron chi connectivity index (χ4n) is 1.18. The molecular formula is C14H8BrClSe. The van der Waals surface area contributed by atoms with Gasteiger partial charge in [0.15, 0.2) is 0 Å². The van der Waals surface area contributed by atoms with Crippen LogP contribution in [0.5, 0.6) is 0 Å². The van der Waals surface area contributed by atoms with Crippen molar-refractivity contribution in [2.24, 2.45) is 0 Å². The summed E-state index contributed by atoms with van der Waals surface area (Å²) in [6.45, 7) is 0. The predicted octanol–water partition coefficient (Wildman–Crippen LogP) is 3.44. The van der Waals surface area contributed by atoms with Gasteiger partial charge in [-0.15, -0.1) is 0 Å². The van der Waals surface area contributed by atoms with Crippen molar-refractivity contribution in [3.8, 4) is 10.7 Å². The number of halogens is 2. The first kappa shape index (κ1) is 12.7. The van der Waals surface area contributed by atoms with Crippen LogP contribution in [0.1, 0.15) is 5.56 Å². The summed E-state index contributed by atoms with van der Waals surface area (Å²) in [6.07, 6.45) is 0. The van der Waals surface area contributed by atoms with E-state index in [2.05, 4.69) is 26.7 Å². The predicted molar refractivity (Wildman–Crippen MR) is 77.9 cm³/mol. The summed E-state index contributed by atoms with van der Waals surface area (Å²) >= 11 is 9.40. The minimum absolute atomic E-state index is 0.178. The molecule has 0 nitrogen and oxygen atoms in total. The molecule has 0 amide bonds. The Kier molecular flexibility index (Phi) is 4.71. The van der Waals surface area contributed by atoms with Crippen molar-refractivity contribution in [1.82, 2.24) is 0 Å². The van der Waals surface area contributed by atoms with E-state index >= 15 is 0 Å². The van der Waals surface area contributed by atoms with Crippen LogP contribution in [0.3, 0.4) is 0 Å². The molecule has 0 aromatic heterocycles. The van der Waals surface area contributed by atoms with Crippen LogP contribution >= 0.6 is 27.5 Å². The van der Waals surface area contributed by atoms with Gasteiger partial charge < -0.3 is 0 Å². The molecule has 0 spiro atoms. The molecule has 0 heterocycles. The molecular weight excluding hydrogens is 362 g/mol. The molecule has 2 aromatic carbocycles. The van der Waals surface area contributed by atoms with E-state index in [-0.39, 0.29) is 15.0 Å². The van der Waals surface area contributed by atoms with Crippen molar-refractivity contribution in [3.63, 3.8) is 0 Å². The molecule has 0 saturated heterocycles. The normalized spacial score (nSPS) is 9.53. The number of benzene rings is 2. The third kappa shape index (κ3) is 4.22. The van der Waals surface area contributed by atoms with Crippen molar-refractivity contribution in [3.05, 3.63) is 63.6 Å². The molecule has 3 heteroatoms. The van der Waals surface area contributed by atoms with E-state index in [0.717, 1.165) is 15.1 Å². The molecule has 0 aliphatic carbocycles. The molecule has 84 valence electrons. The van der Waals surface area contributed by atoms with Crippen molar-refractivity contribution >= 4 is 46.9 Å². The zero-order valence-corrected chi connectivity index (χ0v) is 12.8. The van der Waals surface area contributed by atoms with Gasteiger partial charge in [0.05, 0.1) is 0 Å². The summed E-state index contributed by atoms with van der Waals surface area (Å²) in [6, 6.07) is 15.9. The molecule has 0 N–H and O–H groups in total. The van der Waals surface area contributed by atoms with Crippen LogP contribution in [-0.4, -0.2) is 15.0 Å². The van der Waals surface area contributed by atoms with Crippen LogP contribution in [0.2, 0.25) is 5.02 Å². The molecule has 0 bridgehead atoms. The molecule has 0 atom stereocenters. The molecule has 0 radical (unpaired) electrons. The number of hydrogen-bond acceptors (Lipinski definition) is 0. The summed E-state index contributed by atoms with van der Waals surface area (Å²) in [5.74, 6) is 3.16. The van der Waals surface area contributed by atoms with E-state index in [0.29, 0.717) is 0 Å². The Balaban J connectivity index is 2.03. The zero-order chi connectivity index (χ0) is 12.1. The van der Waals surface area contributed by atoms with E-state index < -0.39 is 0 Å².